The standard InChI is InChI=1S/C15H22FNOS2/c1-9-10(2)20-15(8-19-9)13(17)7-11-4-5-14(18-3)12(16)6-11/h4-6,9-10,13,15H,7-8,17H2,1-3H3. The van der Waals surface area contributed by atoms with E-state index in [0.29, 0.717) is 22.2 Å². The first-order chi connectivity index (χ1) is 9.51. The topological polar surface area (TPSA) is 35.2 Å². The van der Waals surface area contributed by atoms with E-state index in [1.807, 2.05) is 29.6 Å². The van der Waals surface area contributed by atoms with Crippen LogP contribution in [0.25, 0.3) is 0 Å². The van der Waals surface area contributed by atoms with Crippen molar-refractivity contribution in [1.82, 2.24) is 0 Å². The molecule has 20 heavy (non-hydrogen) atoms. The second kappa shape index (κ2) is 7.05. The van der Waals surface area contributed by atoms with Crippen LogP contribution in [0.5, 0.6) is 5.75 Å². The van der Waals surface area contributed by atoms with Gasteiger partial charge in [-0.2, -0.15) is 23.5 Å². The van der Waals surface area contributed by atoms with E-state index in [-0.39, 0.29) is 17.6 Å². The minimum absolute atomic E-state index is 0.0650. The molecule has 1 fully saturated rings. The SMILES string of the molecule is COc1ccc(CC(N)C2CSC(C)C(C)S2)cc1F. The maximum absolute atomic E-state index is 13.7. The van der Waals surface area contributed by atoms with Gasteiger partial charge >= 0.3 is 0 Å². The van der Waals surface area contributed by atoms with Crippen molar-refractivity contribution in [3.05, 3.63) is 29.6 Å². The molecular formula is C15H22FNOS2. The Balaban J connectivity index is 1.97. The molecular weight excluding hydrogens is 293 g/mol. The van der Waals surface area contributed by atoms with E-state index >= 15 is 0 Å². The van der Waals surface area contributed by atoms with Gasteiger partial charge in [-0.1, -0.05) is 19.9 Å². The van der Waals surface area contributed by atoms with E-state index in [1.165, 1.54) is 13.2 Å². The van der Waals surface area contributed by atoms with Gasteiger partial charge in [0.25, 0.3) is 0 Å². The van der Waals surface area contributed by atoms with Crippen molar-refractivity contribution in [2.24, 2.45) is 5.73 Å². The monoisotopic (exact) mass is 315 g/mol. The molecule has 0 spiro atoms. The molecule has 4 unspecified atom stereocenters. The van der Waals surface area contributed by atoms with Gasteiger partial charge in [0.15, 0.2) is 11.6 Å². The Morgan fingerprint density at radius 3 is 2.75 bits per heavy atom. The molecule has 4 atom stereocenters. The van der Waals surface area contributed by atoms with Gasteiger partial charge < -0.3 is 10.5 Å². The molecule has 5 heteroatoms. The van der Waals surface area contributed by atoms with Crippen LogP contribution >= 0.6 is 23.5 Å². The van der Waals surface area contributed by atoms with Crippen molar-refractivity contribution in [2.75, 3.05) is 12.9 Å². The number of rotatable bonds is 4. The highest BCUT2D eigenvalue weighted by molar-refractivity contribution is 8.07. The first kappa shape index (κ1) is 16.0. The van der Waals surface area contributed by atoms with Crippen molar-refractivity contribution >= 4 is 23.5 Å². The van der Waals surface area contributed by atoms with Crippen LogP contribution in [0.2, 0.25) is 0 Å². The summed E-state index contributed by atoms with van der Waals surface area (Å²) in [5, 5.41) is 1.75. The molecule has 0 aromatic heterocycles. The van der Waals surface area contributed by atoms with Gasteiger partial charge in [-0.05, 0) is 24.1 Å². The van der Waals surface area contributed by atoms with Crippen LogP contribution in [0.4, 0.5) is 4.39 Å². The molecule has 112 valence electrons. The predicted molar refractivity (Wildman–Crippen MR) is 87.4 cm³/mol. The Morgan fingerprint density at radius 2 is 2.15 bits per heavy atom. The molecule has 0 bridgehead atoms. The molecule has 1 aliphatic heterocycles. The van der Waals surface area contributed by atoms with E-state index in [4.69, 9.17) is 10.5 Å². The summed E-state index contributed by atoms with van der Waals surface area (Å²) >= 11 is 3.96. The fourth-order valence-electron chi connectivity index (χ4n) is 2.27. The summed E-state index contributed by atoms with van der Waals surface area (Å²) in [6.45, 7) is 4.52. The van der Waals surface area contributed by atoms with Crippen LogP contribution in [-0.2, 0) is 6.42 Å². The lowest BCUT2D eigenvalue weighted by Gasteiger charge is -2.34. The van der Waals surface area contributed by atoms with E-state index in [0.717, 1.165) is 11.3 Å². The van der Waals surface area contributed by atoms with E-state index in [1.54, 1.807) is 6.07 Å². The largest absolute Gasteiger partial charge is 0.494 e. The number of hydrogen-bond acceptors (Lipinski definition) is 4. The lowest BCUT2D eigenvalue weighted by molar-refractivity contribution is 0.386. The van der Waals surface area contributed by atoms with E-state index in [9.17, 15) is 4.39 Å². The first-order valence-electron chi connectivity index (χ1n) is 6.86. The number of nitrogens with two attached hydrogens (primary N) is 1. The summed E-state index contributed by atoms with van der Waals surface area (Å²) in [4.78, 5) is 0. The molecule has 1 saturated heterocycles. The third kappa shape index (κ3) is 3.83. The summed E-state index contributed by atoms with van der Waals surface area (Å²) in [6, 6.07) is 5.17. The van der Waals surface area contributed by atoms with Gasteiger partial charge in [0.1, 0.15) is 0 Å². The molecule has 2 N–H and O–H groups in total. The summed E-state index contributed by atoms with van der Waals surface area (Å²) in [6.07, 6.45) is 0.709. The Kier molecular flexibility index (Phi) is 5.64. The van der Waals surface area contributed by atoms with Gasteiger partial charge in [0, 0.05) is 27.5 Å². The summed E-state index contributed by atoms with van der Waals surface area (Å²) in [5.74, 6) is 1.05. The van der Waals surface area contributed by atoms with Gasteiger partial charge in [-0.15, -0.1) is 0 Å². The van der Waals surface area contributed by atoms with Crippen LogP contribution in [0.3, 0.4) is 0 Å². The van der Waals surface area contributed by atoms with Crippen LogP contribution in [0.15, 0.2) is 18.2 Å². The second-order valence-electron chi connectivity index (χ2n) is 5.25. The lowest BCUT2D eigenvalue weighted by Crippen LogP contribution is -2.41. The van der Waals surface area contributed by atoms with Crippen molar-refractivity contribution < 1.29 is 9.13 Å². The molecule has 0 aliphatic carbocycles. The quantitative estimate of drug-likeness (QED) is 0.924. The van der Waals surface area contributed by atoms with Crippen LogP contribution in [-0.4, -0.2) is 34.7 Å². The highest BCUT2D eigenvalue weighted by Crippen LogP contribution is 2.37. The van der Waals surface area contributed by atoms with Crippen molar-refractivity contribution in [3.63, 3.8) is 0 Å². The first-order valence-corrected chi connectivity index (χ1v) is 8.85. The second-order valence-corrected chi connectivity index (χ2v) is 8.29. The average molecular weight is 315 g/mol. The Bertz CT molecular complexity index is 457. The molecule has 1 heterocycles. The smallest absolute Gasteiger partial charge is 0.165 e. The third-order valence-corrected chi connectivity index (χ3v) is 7.31. The molecule has 0 radical (unpaired) electrons. The lowest BCUT2D eigenvalue weighted by atomic mass is 10.0. The van der Waals surface area contributed by atoms with Crippen molar-refractivity contribution in [3.8, 4) is 5.75 Å². The van der Waals surface area contributed by atoms with Crippen molar-refractivity contribution in [1.29, 1.82) is 0 Å². The van der Waals surface area contributed by atoms with Crippen LogP contribution < -0.4 is 10.5 Å². The molecule has 1 aromatic rings. The number of thioether (sulfide) groups is 2. The molecule has 0 amide bonds. The molecule has 1 aromatic carbocycles. The van der Waals surface area contributed by atoms with Gasteiger partial charge in [0.05, 0.1) is 7.11 Å². The summed E-state index contributed by atoms with van der Waals surface area (Å²) in [7, 11) is 1.47. The number of halogens is 1. The zero-order chi connectivity index (χ0) is 14.7. The Hall–Kier alpha value is -0.390. The minimum Gasteiger partial charge on any atom is -0.494 e. The fourth-order valence-corrected chi connectivity index (χ4v) is 5.33. The van der Waals surface area contributed by atoms with Crippen LogP contribution in [0, 0.1) is 5.82 Å². The normalized spacial score (nSPS) is 28.1. The minimum atomic E-state index is -0.315. The molecule has 2 nitrogen and oxygen atoms in total. The Morgan fingerprint density at radius 1 is 1.40 bits per heavy atom. The average Bonchev–Trinajstić information content (AvgIpc) is 2.42. The summed E-state index contributed by atoms with van der Waals surface area (Å²) in [5.41, 5.74) is 7.26. The Labute approximate surface area is 129 Å². The predicted octanol–water partition coefficient (Wildman–Crippen LogP) is 3.33. The van der Waals surface area contributed by atoms with Crippen molar-refractivity contribution in [2.45, 2.75) is 42.1 Å². The molecule has 1 aliphatic rings. The maximum atomic E-state index is 13.7. The van der Waals surface area contributed by atoms with E-state index in [2.05, 4.69) is 13.8 Å². The summed E-state index contributed by atoms with van der Waals surface area (Å²) < 4.78 is 18.6. The third-order valence-electron chi connectivity index (χ3n) is 3.74. The van der Waals surface area contributed by atoms with Gasteiger partial charge in [-0.3, -0.25) is 0 Å². The number of benzene rings is 1. The highest BCUT2D eigenvalue weighted by Gasteiger charge is 2.29. The zero-order valence-electron chi connectivity index (χ0n) is 12.1. The number of methoxy groups -OCH3 is 1. The van der Waals surface area contributed by atoms with Gasteiger partial charge in [0.2, 0.25) is 0 Å². The van der Waals surface area contributed by atoms with Gasteiger partial charge in [-0.25, -0.2) is 4.39 Å². The van der Waals surface area contributed by atoms with E-state index < -0.39 is 0 Å². The zero-order valence-corrected chi connectivity index (χ0v) is 13.8. The van der Waals surface area contributed by atoms with Crippen LogP contribution in [0.1, 0.15) is 19.4 Å². The number of hydrogen-bond donors (Lipinski definition) is 1. The highest BCUT2D eigenvalue weighted by atomic mass is 32.2. The molecule has 0 saturated carbocycles. The fraction of sp³-hybridized carbons (Fsp3) is 0.600. The maximum Gasteiger partial charge on any atom is 0.165 e. The number of ether oxygens (including phenoxy) is 1. The molecule has 2 rings (SSSR count).